The number of para-hydroxylation sites is 2. The molecular weight excluding hydrogens is 434 g/mol. The minimum absolute atomic E-state index is 0.0620. The summed E-state index contributed by atoms with van der Waals surface area (Å²) in [5.74, 6) is -2.76. The van der Waals surface area contributed by atoms with Gasteiger partial charge < -0.3 is 5.32 Å². The van der Waals surface area contributed by atoms with Crippen LogP contribution >= 0.6 is 11.6 Å². The van der Waals surface area contributed by atoms with E-state index in [-0.39, 0.29) is 22.0 Å². The van der Waals surface area contributed by atoms with Gasteiger partial charge in [0.05, 0.1) is 10.7 Å². The molecule has 1 aliphatic rings. The van der Waals surface area contributed by atoms with Crippen molar-refractivity contribution in [2.45, 2.75) is 11.3 Å². The zero-order chi connectivity index (χ0) is 21.5. The third-order valence-electron chi connectivity index (χ3n) is 4.81. The van der Waals surface area contributed by atoms with Crippen molar-refractivity contribution in [1.82, 2.24) is 0 Å². The molecule has 3 aromatic carbocycles. The van der Waals surface area contributed by atoms with Crippen molar-refractivity contribution in [3.63, 3.8) is 0 Å². The number of nitrogens with one attached hydrogen (secondary N) is 1. The number of anilines is 2. The molecule has 1 N–H and O–H groups in total. The summed E-state index contributed by atoms with van der Waals surface area (Å²) in [7, 11) is -4.05. The van der Waals surface area contributed by atoms with Gasteiger partial charge in [-0.05, 0) is 48.4 Å². The average molecular weight is 449 g/mol. The number of hydrogen-bond donors (Lipinski definition) is 1. The lowest BCUT2D eigenvalue weighted by molar-refractivity contribution is 0.102. The first-order valence-corrected chi connectivity index (χ1v) is 10.8. The maximum atomic E-state index is 13.8. The van der Waals surface area contributed by atoms with Gasteiger partial charge in [-0.15, -0.1) is 0 Å². The van der Waals surface area contributed by atoms with Crippen molar-refractivity contribution in [2.75, 3.05) is 16.2 Å². The molecule has 0 fully saturated rings. The number of benzene rings is 3. The molecule has 5 nitrogen and oxygen atoms in total. The van der Waals surface area contributed by atoms with Crippen LogP contribution in [0.5, 0.6) is 0 Å². The normalized spacial score (nSPS) is 13.2. The SMILES string of the molecule is O=C(Nc1c(F)cccc1F)c1ccc(Cl)c(S(=O)(=O)N2CCc3ccccc32)c1. The fraction of sp³-hybridized carbons (Fsp3) is 0.0952. The molecule has 0 spiro atoms. The number of fused-ring (bicyclic) bond motifs is 1. The van der Waals surface area contributed by atoms with E-state index in [0.717, 1.165) is 23.8 Å². The second-order valence-corrected chi connectivity index (χ2v) is 8.89. The summed E-state index contributed by atoms with van der Waals surface area (Å²) in [4.78, 5) is 12.3. The lowest BCUT2D eigenvalue weighted by atomic mass is 10.2. The van der Waals surface area contributed by atoms with Gasteiger partial charge in [-0.1, -0.05) is 35.9 Å². The second-order valence-electron chi connectivity index (χ2n) is 6.65. The molecule has 30 heavy (non-hydrogen) atoms. The summed E-state index contributed by atoms with van der Waals surface area (Å²) in [6.07, 6.45) is 0.555. The Labute approximate surface area is 177 Å². The van der Waals surface area contributed by atoms with Crippen molar-refractivity contribution < 1.29 is 22.0 Å². The topological polar surface area (TPSA) is 66.5 Å². The molecule has 154 valence electrons. The molecule has 1 aliphatic heterocycles. The monoisotopic (exact) mass is 448 g/mol. The number of sulfonamides is 1. The Morgan fingerprint density at radius 1 is 1.00 bits per heavy atom. The second kappa shape index (κ2) is 7.70. The Balaban J connectivity index is 1.69. The highest BCUT2D eigenvalue weighted by Crippen LogP contribution is 2.35. The highest BCUT2D eigenvalue weighted by atomic mass is 35.5. The van der Waals surface area contributed by atoms with E-state index in [1.807, 2.05) is 12.1 Å². The minimum atomic E-state index is -4.05. The molecule has 0 aromatic heterocycles. The molecule has 0 radical (unpaired) electrons. The zero-order valence-corrected chi connectivity index (χ0v) is 17.0. The third-order valence-corrected chi connectivity index (χ3v) is 7.10. The van der Waals surface area contributed by atoms with E-state index in [1.165, 1.54) is 22.5 Å². The molecule has 0 bridgehead atoms. The predicted octanol–water partition coefficient (Wildman–Crippen LogP) is 4.62. The van der Waals surface area contributed by atoms with Gasteiger partial charge in [0.25, 0.3) is 15.9 Å². The largest absolute Gasteiger partial charge is 0.317 e. The Morgan fingerprint density at radius 3 is 2.43 bits per heavy atom. The van der Waals surface area contributed by atoms with Gasteiger partial charge in [0, 0.05) is 12.1 Å². The molecule has 0 aliphatic carbocycles. The molecule has 0 atom stereocenters. The third kappa shape index (κ3) is 3.53. The fourth-order valence-electron chi connectivity index (χ4n) is 3.32. The molecule has 9 heteroatoms. The minimum Gasteiger partial charge on any atom is -0.317 e. The first kappa shape index (κ1) is 20.3. The van der Waals surface area contributed by atoms with Crippen molar-refractivity contribution in [3.8, 4) is 0 Å². The predicted molar refractivity (Wildman–Crippen MR) is 110 cm³/mol. The number of rotatable bonds is 4. The number of halogens is 3. The van der Waals surface area contributed by atoms with E-state index >= 15 is 0 Å². The smallest absolute Gasteiger partial charge is 0.265 e. The van der Waals surface area contributed by atoms with E-state index in [2.05, 4.69) is 5.32 Å². The van der Waals surface area contributed by atoms with Gasteiger partial charge in [-0.2, -0.15) is 0 Å². The Hall–Kier alpha value is -2.97. The summed E-state index contributed by atoms with van der Waals surface area (Å²) in [6, 6.07) is 13.9. The van der Waals surface area contributed by atoms with Crippen LogP contribution in [0.25, 0.3) is 0 Å². The zero-order valence-electron chi connectivity index (χ0n) is 15.4. The number of amides is 1. The highest BCUT2D eigenvalue weighted by molar-refractivity contribution is 7.93. The summed E-state index contributed by atoms with van der Waals surface area (Å²) >= 11 is 6.14. The first-order valence-electron chi connectivity index (χ1n) is 8.94. The highest BCUT2D eigenvalue weighted by Gasteiger charge is 2.32. The standard InChI is InChI=1S/C21H15ClF2N2O3S/c22-15-9-8-14(21(27)25-20-16(23)5-3-6-17(20)24)12-19(15)30(28,29)26-11-10-13-4-1-2-7-18(13)26/h1-9,12H,10-11H2,(H,25,27). The maximum Gasteiger partial charge on any atom is 0.265 e. The number of carbonyl (C=O) groups excluding carboxylic acids is 1. The van der Waals surface area contributed by atoms with Gasteiger partial charge >= 0.3 is 0 Å². The first-order chi connectivity index (χ1) is 14.3. The molecule has 1 amide bonds. The van der Waals surface area contributed by atoms with Crippen LogP contribution in [-0.2, 0) is 16.4 Å². The Bertz CT molecular complexity index is 1240. The average Bonchev–Trinajstić information content (AvgIpc) is 3.16. The summed E-state index contributed by atoms with van der Waals surface area (Å²) in [6.45, 7) is 0.245. The van der Waals surface area contributed by atoms with Crippen molar-refractivity contribution in [3.05, 3.63) is 88.4 Å². The van der Waals surface area contributed by atoms with Gasteiger partial charge in [-0.3, -0.25) is 9.10 Å². The number of nitrogens with zero attached hydrogens (tertiary/aromatic N) is 1. The van der Waals surface area contributed by atoms with E-state index in [4.69, 9.17) is 11.6 Å². The van der Waals surface area contributed by atoms with Crippen LogP contribution in [0, 0.1) is 11.6 Å². The van der Waals surface area contributed by atoms with Crippen LogP contribution in [0.2, 0.25) is 5.02 Å². The van der Waals surface area contributed by atoms with Crippen molar-refractivity contribution in [1.29, 1.82) is 0 Å². The van der Waals surface area contributed by atoms with E-state index in [1.54, 1.807) is 12.1 Å². The van der Waals surface area contributed by atoms with Crippen LogP contribution in [-0.4, -0.2) is 20.9 Å². The molecule has 0 saturated carbocycles. The van der Waals surface area contributed by atoms with Crippen LogP contribution in [0.3, 0.4) is 0 Å². The quantitative estimate of drug-likeness (QED) is 0.633. The lowest BCUT2D eigenvalue weighted by Gasteiger charge is -2.20. The summed E-state index contributed by atoms with van der Waals surface area (Å²) in [5, 5.41) is 2.08. The molecule has 1 heterocycles. The summed E-state index contributed by atoms with van der Waals surface area (Å²) in [5.41, 5.74) is 0.724. The van der Waals surface area contributed by atoms with Gasteiger partial charge in [0.15, 0.2) is 0 Å². The lowest BCUT2D eigenvalue weighted by Crippen LogP contribution is -2.29. The fourth-order valence-corrected chi connectivity index (χ4v) is 5.33. The maximum absolute atomic E-state index is 13.8. The molecule has 4 rings (SSSR count). The van der Waals surface area contributed by atoms with Crippen LogP contribution in [0.4, 0.5) is 20.2 Å². The molecule has 3 aromatic rings. The van der Waals surface area contributed by atoms with Gasteiger partial charge in [0.1, 0.15) is 22.2 Å². The van der Waals surface area contributed by atoms with E-state index in [0.29, 0.717) is 12.1 Å². The number of carbonyl (C=O) groups is 1. The van der Waals surface area contributed by atoms with Crippen LogP contribution in [0.1, 0.15) is 15.9 Å². The van der Waals surface area contributed by atoms with Crippen molar-refractivity contribution in [2.24, 2.45) is 0 Å². The van der Waals surface area contributed by atoms with Gasteiger partial charge in [-0.25, -0.2) is 17.2 Å². The molecular formula is C21H15ClF2N2O3S. The molecule has 0 saturated heterocycles. The summed E-state index contributed by atoms with van der Waals surface area (Å²) < 4.78 is 55.4. The molecule has 0 unspecified atom stereocenters. The van der Waals surface area contributed by atoms with E-state index in [9.17, 15) is 22.0 Å². The Kier molecular flexibility index (Phi) is 5.21. The Morgan fingerprint density at radius 2 is 1.70 bits per heavy atom. The van der Waals surface area contributed by atoms with Crippen LogP contribution in [0.15, 0.2) is 65.6 Å². The van der Waals surface area contributed by atoms with Crippen LogP contribution < -0.4 is 9.62 Å². The number of hydrogen-bond acceptors (Lipinski definition) is 3. The van der Waals surface area contributed by atoms with Gasteiger partial charge in [0.2, 0.25) is 0 Å². The van der Waals surface area contributed by atoms with Crippen molar-refractivity contribution >= 4 is 38.9 Å². The van der Waals surface area contributed by atoms with E-state index < -0.39 is 33.3 Å².